The van der Waals surface area contributed by atoms with Crippen molar-refractivity contribution in [2.75, 3.05) is 0 Å². The molecule has 0 fully saturated rings. The Hall–Kier alpha value is -0.840. The minimum absolute atomic E-state index is 0.237. The molecule has 1 N–H and O–H groups in total. The van der Waals surface area contributed by atoms with E-state index >= 15 is 0 Å². The van der Waals surface area contributed by atoms with Gasteiger partial charge in [-0.2, -0.15) is 5.10 Å². The molecule has 0 saturated carbocycles. The van der Waals surface area contributed by atoms with Gasteiger partial charge < -0.3 is 5.32 Å². The van der Waals surface area contributed by atoms with Crippen LogP contribution in [0.3, 0.4) is 0 Å². The molecule has 1 aromatic carbocycles. The molecule has 2 aromatic rings. The van der Waals surface area contributed by atoms with Gasteiger partial charge in [-0.05, 0) is 54.4 Å². The predicted molar refractivity (Wildman–Crippen MR) is 87.0 cm³/mol. The first kappa shape index (κ1) is 15.5. The van der Waals surface area contributed by atoms with E-state index in [1.54, 1.807) is 0 Å². The van der Waals surface area contributed by atoms with Crippen LogP contribution in [0.5, 0.6) is 0 Å². The number of hydrogen-bond acceptors (Lipinski definition) is 2. The largest absolute Gasteiger partial charge is 0.305 e. The molecular weight excluding hydrogens is 338 g/mol. The number of aryl methyl sites for hydroxylation is 2. The highest BCUT2D eigenvalue weighted by molar-refractivity contribution is 9.10. The van der Waals surface area contributed by atoms with E-state index in [-0.39, 0.29) is 6.04 Å². The summed E-state index contributed by atoms with van der Waals surface area (Å²) in [5.74, 6) is 0. The molecule has 0 aliphatic carbocycles. The summed E-state index contributed by atoms with van der Waals surface area (Å²) in [6, 6.07) is 8.19. The summed E-state index contributed by atoms with van der Waals surface area (Å²) in [5.41, 5.74) is 3.39. The second kappa shape index (κ2) is 6.74. The summed E-state index contributed by atoms with van der Waals surface area (Å²) < 4.78 is 3.11. The van der Waals surface area contributed by atoms with Gasteiger partial charge in [-0.25, -0.2) is 0 Å². The second-order valence-electron chi connectivity index (χ2n) is 4.82. The Balaban J connectivity index is 2.09. The molecule has 1 unspecified atom stereocenters. The SMILES string of the molecule is CCn1nc(C)c(Br)c1CNC(C)c1cccc(Cl)c1. The Morgan fingerprint density at radius 2 is 2.20 bits per heavy atom. The molecule has 0 radical (unpaired) electrons. The standard InChI is InChI=1S/C15H19BrClN3/c1-4-20-14(15(16)11(3)19-20)9-18-10(2)12-6-5-7-13(17)8-12/h5-8,10,18H,4,9H2,1-3H3. The van der Waals surface area contributed by atoms with E-state index in [1.807, 2.05) is 29.8 Å². The number of hydrogen-bond donors (Lipinski definition) is 1. The number of rotatable bonds is 5. The molecule has 1 heterocycles. The van der Waals surface area contributed by atoms with Crippen LogP contribution in [0, 0.1) is 6.92 Å². The van der Waals surface area contributed by atoms with Crippen LogP contribution in [-0.2, 0) is 13.1 Å². The van der Waals surface area contributed by atoms with Gasteiger partial charge in [-0.15, -0.1) is 0 Å². The minimum atomic E-state index is 0.237. The van der Waals surface area contributed by atoms with Gasteiger partial charge in [-0.1, -0.05) is 23.7 Å². The zero-order valence-electron chi connectivity index (χ0n) is 12.0. The molecule has 1 aromatic heterocycles. The minimum Gasteiger partial charge on any atom is -0.305 e. The van der Waals surface area contributed by atoms with Crippen LogP contribution in [0.25, 0.3) is 0 Å². The fraction of sp³-hybridized carbons (Fsp3) is 0.400. The lowest BCUT2D eigenvalue weighted by Gasteiger charge is -2.15. The zero-order chi connectivity index (χ0) is 14.7. The first-order valence-electron chi connectivity index (χ1n) is 6.73. The van der Waals surface area contributed by atoms with Crippen molar-refractivity contribution in [3.8, 4) is 0 Å². The Kier molecular flexibility index (Phi) is 5.24. The maximum Gasteiger partial charge on any atom is 0.0739 e. The summed E-state index contributed by atoms with van der Waals surface area (Å²) >= 11 is 9.65. The molecular formula is C15H19BrClN3. The average molecular weight is 357 g/mol. The van der Waals surface area contributed by atoms with Crippen LogP contribution in [0.2, 0.25) is 5.02 Å². The molecule has 2 rings (SSSR count). The van der Waals surface area contributed by atoms with E-state index in [4.69, 9.17) is 11.6 Å². The van der Waals surface area contributed by atoms with Gasteiger partial charge in [0, 0.05) is 24.2 Å². The van der Waals surface area contributed by atoms with Crippen molar-refractivity contribution in [1.82, 2.24) is 15.1 Å². The summed E-state index contributed by atoms with van der Waals surface area (Å²) in [5, 5.41) is 8.79. The Morgan fingerprint density at radius 1 is 1.45 bits per heavy atom. The normalized spacial score (nSPS) is 12.7. The van der Waals surface area contributed by atoms with Crippen molar-refractivity contribution in [2.45, 2.75) is 39.9 Å². The molecule has 1 atom stereocenters. The van der Waals surface area contributed by atoms with Crippen LogP contribution in [0.4, 0.5) is 0 Å². The van der Waals surface area contributed by atoms with Gasteiger partial charge in [0.15, 0.2) is 0 Å². The Bertz CT molecular complexity index is 595. The van der Waals surface area contributed by atoms with Crippen molar-refractivity contribution in [2.24, 2.45) is 0 Å². The molecule has 108 valence electrons. The average Bonchev–Trinajstić information content (AvgIpc) is 2.71. The molecule has 0 aliphatic rings. The van der Waals surface area contributed by atoms with Crippen LogP contribution in [-0.4, -0.2) is 9.78 Å². The topological polar surface area (TPSA) is 29.9 Å². The Morgan fingerprint density at radius 3 is 2.85 bits per heavy atom. The third-order valence-electron chi connectivity index (χ3n) is 3.38. The first-order chi connectivity index (χ1) is 9.52. The fourth-order valence-corrected chi connectivity index (χ4v) is 2.80. The summed E-state index contributed by atoms with van der Waals surface area (Å²) in [7, 11) is 0. The lowest BCUT2D eigenvalue weighted by atomic mass is 10.1. The van der Waals surface area contributed by atoms with Gasteiger partial charge >= 0.3 is 0 Å². The lowest BCUT2D eigenvalue weighted by molar-refractivity contribution is 0.530. The van der Waals surface area contributed by atoms with E-state index in [1.165, 1.54) is 11.3 Å². The molecule has 5 heteroatoms. The number of benzene rings is 1. The van der Waals surface area contributed by atoms with Gasteiger partial charge in [0.05, 0.1) is 15.9 Å². The number of nitrogens with zero attached hydrogens (tertiary/aromatic N) is 2. The van der Waals surface area contributed by atoms with Crippen molar-refractivity contribution in [3.63, 3.8) is 0 Å². The highest BCUT2D eigenvalue weighted by Crippen LogP contribution is 2.22. The van der Waals surface area contributed by atoms with Gasteiger partial charge in [0.2, 0.25) is 0 Å². The van der Waals surface area contributed by atoms with E-state index in [0.717, 1.165) is 28.3 Å². The lowest BCUT2D eigenvalue weighted by Crippen LogP contribution is -2.20. The van der Waals surface area contributed by atoms with Crippen molar-refractivity contribution in [3.05, 3.63) is 50.7 Å². The summed E-state index contributed by atoms with van der Waals surface area (Å²) in [4.78, 5) is 0. The summed E-state index contributed by atoms with van der Waals surface area (Å²) in [6.07, 6.45) is 0. The predicted octanol–water partition coefficient (Wildman–Crippen LogP) is 4.48. The van der Waals surface area contributed by atoms with E-state index < -0.39 is 0 Å². The number of nitrogens with one attached hydrogen (secondary N) is 1. The maximum absolute atomic E-state index is 6.03. The quantitative estimate of drug-likeness (QED) is 0.856. The van der Waals surface area contributed by atoms with Gasteiger partial charge in [0.1, 0.15) is 0 Å². The van der Waals surface area contributed by atoms with Crippen molar-refractivity contribution in [1.29, 1.82) is 0 Å². The van der Waals surface area contributed by atoms with Gasteiger partial charge in [-0.3, -0.25) is 4.68 Å². The second-order valence-corrected chi connectivity index (χ2v) is 6.05. The number of aromatic nitrogens is 2. The van der Waals surface area contributed by atoms with Crippen molar-refractivity contribution >= 4 is 27.5 Å². The Labute approximate surface area is 133 Å². The van der Waals surface area contributed by atoms with E-state index in [2.05, 4.69) is 46.3 Å². The number of halogens is 2. The van der Waals surface area contributed by atoms with Crippen LogP contribution >= 0.6 is 27.5 Å². The van der Waals surface area contributed by atoms with Crippen LogP contribution in [0.1, 0.15) is 36.8 Å². The van der Waals surface area contributed by atoms with Crippen LogP contribution < -0.4 is 5.32 Å². The molecule has 0 saturated heterocycles. The molecule has 0 amide bonds. The molecule has 0 spiro atoms. The zero-order valence-corrected chi connectivity index (χ0v) is 14.3. The monoisotopic (exact) mass is 355 g/mol. The summed E-state index contributed by atoms with van der Waals surface area (Å²) in [6.45, 7) is 7.89. The highest BCUT2D eigenvalue weighted by Gasteiger charge is 2.13. The molecule has 0 bridgehead atoms. The van der Waals surface area contributed by atoms with E-state index in [9.17, 15) is 0 Å². The van der Waals surface area contributed by atoms with E-state index in [0.29, 0.717) is 0 Å². The van der Waals surface area contributed by atoms with Crippen LogP contribution in [0.15, 0.2) is 28.7 Å². The highest BCUT2D eigenvalue weighted by atomic mass is 79.9. The first-order valence-corrected chi connectivity index (χ1v) is 7.90. The fourth-order valence-electron chi connectivity index (χ4n) is 2.18. The van der Waals surface area contributed by atoms with Crippen molar-refractivity contribution < 1.29 is 0 Å². The van der Waals surface area contributed by atoms with Gasteiger partial charge in [0.25, 0.3) is 0 Å². The maximum atomic E-state index is 6.03. The molecule has 3 nitrogen and oxygen atoms in total. The smallest absolute Gasteiger partial charge is 0.0739 e. The molecule has 0 aliphatic heterocycles. The third-order valence-corrected chi connectivity index (χ3v) is 4.64. The molecule has 20 heavy (non-hydrogen) atoms. The third kappa shape index (κ3) is 3.43.